The molecule has 0 aliphatic rings. The molecule has 0 amide bonds. The molecule has 4 nitrogen and oxygen atoms in total. The van der Waals surface area contributed by atoms with Crippen LogP contribution in [0.5, 0.6) is 11.5 Å². The molecular weight excluding hydrogens is 388 g/mol. The van der Waals surface area contributed by atoms with E-state index >= 15 is 0 Å². The molecule has 0 bridgehead atoms. The lowest BCUT2D eigenvalue weighted by Crippen LogP contribution is -2.28. The Labute approximate surface area is 187 Å². The van der Waals surface area contributed by atoms with Gasteiger partial charge in [0.25, 0.3) is 0 Å². The number of hydrogen-bond acceptors (Lipinski definition) is 4. The van der Waals surface area contributed by atoms with Crippen molar-refractivity contribution in [2.24, 2.45) is 0 Å². The van der Waals surface area contributed by atoms with Crippen LogP contribution in [-0.2, 0) is 16.8 Å². The zero-order valence-electron chi connectivity index (χ0n) is 19.7. The summed E-state index contributed by atoms with van der Waals surface area (Å²) in [5.41, 5.74) is 3.40. The van der Waals surface area contributed by atoms with Gasteiger partial charge in [-0.3, -0.25) is 0 Å². The molecule has 0 heterocycles. The summed E-state index contributed by atoms with van der Waals surface area (Å²) in [6, 6.07) is 11.6. The van der Waals surface area contributed by atoms with Crippen LogP contribution in [0, 0.1) is 0 Å². The second-order valence-electron chi connectivity index (χ2n) is 8.47. The van der Waals surface area contributed by atoms with Gasteiger partial charge < -0.3 is 20.1 Å². The molecule has 1 unspecified atom stereocenters. The largest absolute Gasteiger partial charge is 0.508 e. The molecule has 172 valence electrons. The van der Waals surface area contributed by atoms with Gasteiger partial charge in [-0.25, -0.2) is 0 Å². The molecule has 0 aliphatic carbocycles. The zero-order chi connectivity index (χ0) is 22.9. The third kappa shape index (κ3) is 6.02. The molecule has 0 saturated heterocycles. The van der Waals surface area contributed by atoms with Crippen molar-refractivity contribution in [3.63, 3.8) is 0 Å². The molecule has 1 atom stereocenters. The summed E-state index contributed by atoms with van der Waals surface area (Å²) in [5, 5.41) is 31.3. The lowest BCUT2D eigenvalue weighted by molar-refractivity contribution is 0.132. The fourth-order valence-corrected chi connectivity index (χ4v) is 4.38. The summed E-state index contributed by atoms with van der Waals surface area (Å²) in [7, 11) is 0. The van der Waals surface area contributed by atoms with Gasteiger partial charge in [0.1, 0.15) is 11.5 Å². The van der Waals surface area contributed by atoms with Crippen LogP contribution in [0.2, 0.25) is 0 Å². The van der Waals surface area contributed by atoms with E-state index in [1.165, 1.54) is 0 Å². The van der Waals surface area contributed by atoms with Gasteiger partial charge >= 0.3 is 0 Å². The molecule has 2 aromatic rings. The Kier molecular flexibility index (Phi) is 9.86. The van der Waals surface area contributed by atoms with E-state index in [-0.39, 0.29) is 16.9 Å². The maximum absolute atomic E-state index is 10.5. The van der Waals surface area contributed by atoms with Gasteiger partial charge in [-0.1, -0.05) is 58.6 Å². The van der Waals surface area contributed by atoms with E-state index in [1.807, 2.05) is 32.0 Å². The van der Waals surface area contributed by atoms with Gasteiger partial charge in [0.15, 0.2) is 0 Å². The van der Waals surface area contributed by atoms with Crippen molar-refractivity contribution >= 4 is 0 Å². The zero-order valence-corrected chi connectivity index (χ0v) is 19.7. The van der Waals surface area contributed by atoms with E-state index in [1.54, 1.807) is 12.1 Å². The summed E-state index contributed by atoms with van der Waals surface area (Å²) < 4.78 is 5.59. The fraction of sp³-hybridized carbons (Fsp3) is 0.556. The summed E-state index contributed by atoms with van der Waals surface area (Å²) in [4.78, 5) is 0. The molecule has 0 aliphatic heterocycles. The summed E-state index contributed by atoms with van der Waals surface area (Å²) in [6.45, 7) is 9.23. The smallest absolute Gasteiger partial charge is 0.121 e. The summed E-state index contributed by atoms with van der Waals surface area (Å²) in [6.07, 6.45) is 6.09. The van der Waals surface area contributed by atoms with Crippen molar-refractivity contribution in [3.05, 3.63) is 58.7 Å². The number of ether oxygens (including phenoxy) is 1. The second kappa shape index (κ2) is 12.1. The van der Waals surface area contributed by atoms with Crippen molar-refractivity contribution in [3.8, 4) is 11.5 Å². The average Bonchev–Trinajstić information content (AvgIpc) is 2.79. The minimum Gasteiger partial charge on any atom is -0.508 e. The number of aliphatic hydroxyl groups is 1. The Morgan fingerprint density at radius 2 is 1.42 bits per heavy atom. The van der Waals surface area contributed by atoms with E-state index in [2.05, 4.69) is 19.9 Å². The van der Waals surface area contributed by atoms with Gasteiger partial charge in [0.2, 0.25) is 0 Å². The monoisotopic (exact) mass is 428 g/mol. The third-order valence-electron chi connectivity index (χ3n) is 6.33. The molecule has 0 spiro atoms. The minimum atomic E-state index is -0.691. The first-order valence-electron chi connectivity index (χ1n) is 11.8. The van der Waals surface area contributed by atoms with E-state index < -0.39 is 6.10 Å². The number of benzene rings is 2. The number of phenolic OH excluding ortho intramolecular Hbond substituents is 2. The van der Waals surface area contributed by atoms with Crippen LogP contribution in [0.4, 0.5) is 0 Å². The topological polar surface area (TPSA) is 69.9 Å². The maximum Gasteiger partial charge on any atom is 0.121 e. The lowest BCUT2D eigenvalue weighted by atomic mass is 9.67. The van der Waals surface area contributed by atoms with E-state index in [4.69, 9.17) is 4.74 Å². The molecule has 2 aromatic carbocycles. The highest BCUT2D eigenvalue weighted by Crippen LogP contribution is 2.44. The molecule has 2 rings (SSSR count). The predicted molar refractivity (Wildman–Crippen MR) is 127 cm³/mol. The lowest BCUT2D eigenvalue weighted by Gasteiger charge is -2.37. The van der Waals surface area contributed by atoms with Crippen LogP contribution in [0.3, 0.4) is 0 Å². The Bertz CT molecular complexity index is 807. The normalized spacial score (nSPS) is 12.8. The SMILES string of the molecule is CCCCC(CCCC)(c1ccc(O)c(COCC)c1)c1ccc(O)c(C(O)CC)c1. The van der Waals surface area contributed by atoms with Crippen molar-refractivity contribution < 1.29 is 20.1 Å². The van der Waals surface area contributed by atoms with Crippen LogP contribution >= 0.6 is 0 Å². The highest BCUT2D eigenvalue weighted by molar-refractivity contribution is 5.48. The quantitative estimate of drug-likeness (QED) is 0.330. The molecule has 0 saturated carbocycles. The van der Waals surface area contributed by atoms with Crippen molar-refractivity contribution in [2.45, 2.75) is 90.8 Å². The summed E-state index contributed by atoms with van der Waals surface area (Å²) >= 11 is 0. The van der Waals surface area contributed by atoms with Crippen LogP contribution < -0.4 is 0 Å². The first kappa shape index (κ1) is 25.2. The second-order valence-corrected chi connectivity index (χ2v) is 8.47. The Morgan fingerprint density at radius 3 is 1.97 bits per heavy atom. The number of aliphatic hydroxyl groups excluding tert-OH is 1. The van der Waals surface area contributed by atoms with Gasteiger partial charge in [-0.15, -0.1) is 0 Å². The molecule has 0 aromatic heterocycles. The molecule has 0 radical (unpaired) electrons. The predicted octanol–water partition coefficient (Wildman–Crippen LogP) is 6.74. The van der Waals surface area contributed by atoms with Crippen LogP contribution in [0.1, 0.15) is 101 Å². The number of unbranched alkanes of at least 4 members (excludes halogenated alkanes) is 2. The first-order valence-corrected chi connectivity index (χ1v) is 11.8. The van der Waals surface area contributed by atoms with Crippen molar-refractivity contribution in [1.82, 2.24) is 0 Å². The van der Waals surface area contributed by atoms with Crippen molar-refractivity contribution in [1.29, 1.82) is 0 Å². The van der Waals surface area contributed by atoms with E-state index in [9.17, 15) is 15.3 Å². The standard InChI is InChI=1S/C27H40O4/c1-5-9-15-27(16-10-6-2,21-11-13-25(29)20(17-21)19-31-8-4)22-12-14-26(30)23(18-22)24(28)7-3/h11-14,17-18,24,28-30H,5-10,15-16,19H2,1-4H3. The van der Waals surface area contributed by atoms with Gasteiger partial charge in [0, 0.05) is 23.1 Å². The number of hydrogen-bond donors (Lipinski definition) is 3. The first-order chi connectivity index (χ1) is 14.9. The van der Waals surface area contributed by atoms with E-state index in [0.717, 1.165) is 55.2 Å². The summed E-state index contributed by atoms with van der Waals surface area (Å²) in [5.74, 6) is 0.394. The fourth-order valence-electron chi connectivity index (χ4n) is 4.38. The van der Waals surface area contributed by atoms with Crippen LogP contribution in [-0.4, -0.2) is 21.9 Å². The maximum atomic E-state index is 10.5. The van der Waals surface area contributed by atoms with E-state index in [0.29, 0.717) is 25.2 Å². The van der Waals surface area contributed by atoms with Crippen LogP contribution in [0.15, 0.2) is 36.4 Å². The van der Waals surface area contributed by atoms with Gasteiger partial charge in [0.05, 0.1) is 12.7 Å². The van der Waals surface area contributed by atoms with Crippen molar-refractivity contribution in [2.75, 3.05) is 6.61 Å². The number of phenols is 2. The minimum absolute atomic E-state index is 0.140. The van der Waals surface area contributed by atoms with Gasteiger partial charge in [-0.2, -0.15) is 0 Å². The molecular formula is C27H40O4. The van der Waals surface area contributed by atoms with Gasteiger partial charge in [-0.05, 0) is 61.6 Å². The third-order valence-corrected chi connectivity index (χ3v) is 6.33. The molecule has 0 fully saturated rings. The Balaban J connectivity index is 2.69. The number of aromatic hydroxyl groups is 2. The molecule has 31 heavy (non-hydrogen) atoms. The number of rotatable bonds is 13. The average molecular weight is 429 g/mol. The molecule has 4 heteroatoms. The Hall–Kier alpha value is -2.04. The highest BCUT2D eigenvalue weighted by Gasteiger charge is 2.34. The Morgan fingerprint density at radius 1 is 0.839 bits per heavy atom. The highest BCUT2D eigenvalue weighted by atomic mass is 16.5. The van der Waals surface area contributed by atoms with Crippen LogP contribution in [0.25, 0.3) is 0 Å². The molecule has 3 N–H and O–H groups in total.